The van der Waals surface area contributed by atoms with E-state index < -0.39 is 5.91 Å². The van der Waals surface area contributed by atoms with Crippen LogP contribution in [0.4, 0.5) is 5.69 Å². The zero-order valence-electron chi connectivity index (χ0n) is 19.9. The molecule has 1 N–H and O–H groups in total. The molecule has 0 bridgehead atoms. The molecule has 1 aliphatic carbocycles. The molecule has 1 aliphatic rings. The number of nitrogens with zero attached hydrogens (tertiary/aromatic N) is 2. The summed E-state index contributed by atoms with van der Waals surface area (Å²) in [5.74, 6) is 1.38. The molecule has 33 heavy (non-hydrogen) atoms. The summed E-state index contributed by atoms with van der Waals surface area (Å²) in [5.41, 5.74) is 4.03. The van der Waals surface area contributed by atoms with Crippen molar-refractivity contribution in [3.63, 3.8) is 0 Å². The zero-order valence-corrected chi connectivity index (χ0v) is 19.9. The van der Waals surface area contributed by atoms with Gasteiger partial charge < -0.3 is 23.9 Å². The average Bonchev–Trinajstić information content (AvgIpc) is 3.24. The van der Waals surface area contributed by atoms with Crippen molar-refractivity contribution in [1.82, 2.24) is 9.97 Å². The van der Waals surface area contributed by atoms with Crippen LogP contribution in [0.2, 0.25) is 0 Å². The number of nitrogens with one attached hydrogen (secondary N) is 1. The number of benzene rings is 1. The second-order valence-electron chi connectivity index (χ2n) is 8.85. The number of hydrogen-bond donors (Lipinski definition) is 1. The van der Waals surface area contributed by atoms with Crippen LogP contribution in [0, 0.1) is 13.8 Å². The monoisotopic (exact) mass is 451 g/mol. The molecule has 0 unspecified atom stereocenters. The van der Waals surface area contributed by atoms with Gasteiger partial charge in [-0.1, -0.05) is 19.9 Å². The van der Waals surface area contributed by atoms with E-state index in [9.17, 15) is 4.79 Å². The van der Waals surface area contributed by atoms with Gasteiger partial charge in [0.1, 0.15) is 11.6 Å². The predicted octanol–water partition coefficient (Wildman–Crippen LogP) is 5.36. The number of carbonyl (C=O) groups excluding carboxylic acids is 1. The zero-order chi connectivity index (χ0) is 23.8. The smallest absolute Gasteiger partial charge is 0.291 e. The largest absolute Gasteiger partial charge is 0.479 e. The summed E-state index contributed by atoms with van der Waals surface area (Å²) in [6.07, 6.45) is 3.42. The first-order chi connectivity index (χ1) is 15.7. The molecule has 0 spiro atoms. The van der Waals surface area contributed by atoms with Crippen LogP contribution in [0.1, 0.15) is 59.8 Å². The van der Waals surface area contributed by atoms with Crippen LogP contribution in [-0.2, 0) is 11.8 Å². The molecule has 0 aliphatic heterocycles. The van der Waals surface area contributed by atoms with Crippen molar-refractivity contribution in [3.05, 3.63) is 52.5 Å². The summed E-state index contributed by atoms with van der Waals surface area (Å²) >= 11 is 0. The lowest BCUT2D eigenvalue weighted by atomic mass is 9.72. The van der Waals surface area contributed by atoms with Gasteiger partial charge in [0.15, 0.2) is 11.4 Å². The van der Waals surface area contributed by atoms with Crippen LogP contribution < -0.4 is 19.5 Å². The molecular weight excluding hydrogens is 422 g/mol. The van der Waals surface area contributed by atoms with Crippen LogP contribution >= 0.6 is 0 Å². The lowest BCUT2D eigenvalue weighted by Gasteiger charge is -2.33. The molecule has 1 amide bonds. The minimum Gasteiger partial charge on any atom is -0.479 e. The Balaban J connectivity index is 1.56. The van der Waals surface area contributed by atoms with Crippen LogP contribution in [0.3, 0.4) is 0 Å². The van der Waals surface area contributed by atoms with Crippen molar-refractivity contribution in [3.8, 4) is 23.5 Å². The second-order valence-corrected chi connectivity index (χ2v) is 8.85. The molecule has 2 aromatic heterocycles. The van der Waals surface area contributed by atoms with Crippen LogP contribution in [0.15, 0.2) is 28.7 Å². The van der Waals surface area contributed by atoms with Crippen molar-refractivity contribution >= 4 is 11.6 Å². The molecule has 0 atom stereocenters. The molecular formula is C25H29N3O5. The van der Waals surface area contributed by atoms with Gasteiger partial charge in [0, 0.05) is 6.07 Å². The molecule has 174 valence electrons. The Morgan fingerprint density at radius 2 is 1.79 bits per heavy atom. The molecule has 1 aromatic carbocycles. The quantitative estimate of drug-likeness (QED) is 0.539. The van der Waals surface area contributed by atoms with Gasteiger partial charge in [-0.15, -0.1) is 0 Å². The third-order valence-corrected chi connectivity index (χ3v) is 5.97. The van der Waals surface area contributed by atoms with E-state index >= 15 is 0 Å². The van der Waals surface area contributed by atoms with Gasteiger partial charge in [0.05, 0.1) is 14.2 Å². The fraction of sp³-hybridized carbons (Fsp3) is 0.400. The van der Waals surface area contributed by atoms with Gasteiger partial charge in [0.25, 0.3) is 11.9 Å². The molecule has 0 fully saturated rings. The van der Waals surface area contributed by atoms with Crippen molar-refractivity contribution in [2.75, 3.05) is 19.5 Å². The highest BCUT2D eigenvalue weighted by Crippen LogP contribution is 2.41. The second kappa shape index (κ2) is 8.77. The molecule has 0 saturated heterocycles. The normalized spacial score (nSPS) is 14.4. The van der Waals surface area contributed by atoms with E-state index in [0.717, 1.165) is 24.2 Å². The number of aryl methyl sites for hydroxylation is 3. The Morgan fingerprint density at radius 1 is 1.09 bits per heavy atom. The van der Waals surface area contributed by atoms with Gasteiger partial charge in [-0.3, -0.25) is 4.79 Å². The summed E-state index contributed by atoms with van der Waals surface area (Å²) in [6.45, 7) is 8.24. The van der Waals surface area contributed by atoms with Crippen LogP contribution in [0.5, 0.6) is 23.5 Å². The number of rotatable bonds is 6. The van der Waals surface area contributed by atoms with Gasteiger partial charge in [-0.25, -0.2) is 0 Å². The molecule has 8 nitrogen and oxygen atoms in total. The van der Waals surface area contributed by atoms with Gasteiger partial charge in [-0.2, -0.15) is 9.97 Å². The van der Waals surface area contributed by atoms with E-state index in [2.05, 4.69) is 41.3 Å². The number of ether oxygens (including phenoxy) is 3. The van der Waals surface area contributed by atoms with E-state index in [-0.39, 0.29) is 34.6 Å². The summed E-state index contributed by atoms with van der Waals surface area (Å²) in [7, 11) is 2.91. The maximum absolute atomic E-state index is 12.8. The van der Waals surface area contributed by atoms with E-state index in [1.165, 1.54) is 31.8 Å². The Bertz CT molecular complexity index is 1170. The predicted molar refractivity (Wildman–Crippen MR) is 124 cm³/mol. The van der Waals surface area contributed by atoms with Gasteiger partial charge in [-0.05, 0) is 67.3 Å². The van der Waals surface area contributed by atoms with Gasteiger partial charge in [0.2, 0.25) is 11.8 Å². The van der Waals surface area contributed by atoms with Gasteiger partial charge >= 0.3 is 0 Å². The van der Waals surface area contributed by atoms with Crippen LogP contribution in [-0.4, -0.2) is 30.1 Å². The highest BCUT2D eigenvalue weighted by molar-refractivity contribution is 6.03. The molecule has 2 heterocycles. The maximum Gasteiger partial charge on any atom is 0.291 e. The fourth-order valence-electron chi connectivity index (χ4n) is 4.26. The number of methoxy groups -OCH3 is 2. The maximum atomic E-state index is 12.8. The summed E-state index contributed by atoms with van der Waals surface area (Å²) in [5, 5.41) is 2.70. The standard InChI is InChI=1S/C25H29N3O5/c1-14-12-16-8-7-11-25(3,4)17(16)13-19(14)33-20-10-9-18(32-20)22(29)28-21-23(30-5)26-15(2)27-24(21)31-6/h9-10,12-13H,7-8,11H2,1-6H3,(H,28,29). The molecule has 0 radical (unpaired) electrons. The third-order valence-electron chi connectivity index (χ3n) is 5.97. The van der Waals surface area contributed by atoms with E-state index in [1.54, 1.807) is 19.1 Å². The van der Waals surface area contributed by atoms with Crippen molar-refractivity contribution in [1.29, 1.82) is 0 Å². The lowest BCUT2D eigenvalue weighted by Crippen LogP contribution is -2.23. The first-order valence-corrected chi connectivity index (χ1v) is 10.9. The molecule has 8 heteroatoms. The summed E-state index contributed by atoms with van der Waals surface area (Å²) < 4.78 is 22.2. The number of hydrogen-bond acceptors (Lipinski definition) is 7. The number of aromatic nitrogens is 2. The molecule has 4 rings (SSSR count). The fourth-order valence-corrected chi connectivity index (χ4v) is 4.26. The highest BCUT2D eigenvalue weighted by atomic mass is 16.6. The van der Waals surface area contributed by atoms with Crippen molar-refractivity contribution in [2.45, 2.75) is 52.4 Å². The molecule has 3 aromatic rings. The third kappa shape index (κ3) is 4.51. The summed E-state index contributed by atoms with van der Waals surface area (Å²) in [6, 6.07) is 7.47. The number of fused-ring (bicyclic) bond motifs is 1. The Morgan fingerprint density at radius 3 is 2.45 bits per heavy atom. The number of furan rings is 1. The van der Waals surface area contributed by atoms with E-state index in [4.69, 9.17) is 18.6 Å². The highest BCUT2D eigenvalue weighted by Gasteiger charge is 2.28. The Hall–Kier alpha value is -3.55. The minimum atomic E-state index is -0.503. The summed E-state index contributed by atoms with van der Waals surface area (Å²) in [4.78, 5) is 21.2. The van der Waals surface area contributed by atoms with E-state index in [1.807, 2.05) is 6.92 Å². The first-order valence-electron chi connectivity index (χ1n) is 10.9. The number of carbonyl (C=O) groups is 1. The lowest BCUT2D eigenvalue weighted by molar-refractivity contribution is 0.0990. The SMILES string of the molecule is COc1nc(C)nc(OC)c1NC(=O)c1ccc(Oc2cc3c(cc2C)CCCC3(C)C)o1. The molecule has 0 saturated carbocycles. The first kappa shape index (κ1) is 22.6. The average molecular weight is 452 g/mol. The topological polar surface area (TPSA) is 95.7 Å². The number of anilines is 1. The van der Waals surface area contributed by atoms with Crippen LogP contribution in [0.25, 0.3) is 0 Å². The van der Waals surface area contributed by atoms with Crippen molar-refractivity contribution < 1.29 is 23.4 Å². The Kier molecular flexibility index (Phi) is 6.01. The number of amides is 1. The van der Waals surface area contributed by atoms with E-state index in [0.29, 0.717) is 5.82 Å². The van der Waals surface area contributed by atoms with Crippen molar-refractivity contribution in [2.24, 2.45) is 0 Å². The Labute approximate surface area is 193 Å². The minimum absolute atomic E-state index is 0.0747.